The molecule has 1 aliphatic carbocycles. The molecule has 1 fully saturated rings. The van der Waals surface area contributed by atoms with Gasteiger partial charge in [0.25, 0.3) is 0 Å². The average molecular weight is 362 g/mol. The van der Waals surface area contributed by atoms with E-state index in [0.717, 1.165) is 37.1 Å². The Balaban J connectivity index is 1.66. The van der Waals surface area contributed by atoms with Crippen molar-refractivity contribution in [2.75, 3.05) is 25.0 Å². The third-order valence-electron chi connectivity index (χ3n) is 4.70. The van der Waals surface area contributed by atoms with Crippen LogP contribution in [0.15, 0.2) is 24.3 Å². The molecular weight excluding hydrogens is 332 g/mol. The number of anilines is 1. The van der Waals surface area contributed by atoms with E-state index in [1.165, 1.54) is 0 Å². The van der Waals surface area contributed by atoms with Crippen molar-refractivity contribution in [2.45, 2.75) is 51.7 Å². The molecule has 2 amide bonds. The summed E-state index contributed by atoms with van der Waals surface area (Å²) in [5.74, 6) is -0.808. The van der Waals surface area contributed by atoms with Crippen molar-refractivity contribution < 1.29 is 14.7 Å². The van der Waals surface area contributed by atoms with Crippen molar-refractivity contribution in [3.05, 3.63) is 29.8 Å². The zero-order valence-corrected chi connectivity index (χ0v) is 15.6. The van der Waals surface area contributed by atoms with E-state index in [1.807, 2.05) is 36.1 Å². The van der Waals surface area contributed by atoms with Gasteiger partial charge in [-0.05, 0) is 43.5 Å². The normalized spacial score (nSPS) is 18.9. The first-order valence-electron chi connectivity index (χ1n) is 9.34. The molecule has 0 atom stereocenters. The van der Waals surface area contributed by atoms with Crippen LogP contribution in [-0.2, 0) is 11.3 Å². The number of hydrogen-bond acceptors (Lipinski definition) is 4. The lowest BCUT2D eigenvalue weighted by molar-refractivity contribution is -0.139. The second-order valence-corrected chi connectivity index (χ2v) is 6.73. The Hall–Kier alpha value is -2.28. The third kappa shape index (κ3) is 6.22. The van der Waals surface area contributed by atoms with E-state index in [2.05, 4.69) is 22.9 Å². The molecule has 0 saturated heterocycles. The maximum Gasteiger partial charge on any atom is 0.317 e. The number of amides is 2. The smallest absolute Gasteiger partial charge is 0.317 e. The summed E-state index contributed by atoms with van der Waals surface area (Å²) < 4.78 is 0. The van der Waals surface area contributed by atoms with Crippen molar-refractivity contribution in [1.82, 2.24) is 15.5 Å². The quantitative estimate of drug-likeness (QED) is 0.512. The fourth-order valence-corrected chi connectivity index (χ4v) is 3.11. The molecular formula is C19H30N4O3. The summed E-state index contributed by atoms with van der Waals surface area (Å²) in [6.07, 6.45) is 2.68. The van der Waals surface area contributed by atoms with Crippen LogP contribution in [0.4, 0.5) is 10.5 Å². The summed E-state index contributed by atoms with van der Waals surface area (Å²) in [5, 5.41) is 18.0. The lowest BCUT2D eigenvalue weighted by Gasteiger charge is -2.42. The van der Waals surface area contributed by atoms with Gasteiger partial charge >= 0.3 is 12.0 Å². The van der Waals surface area contributed by atoms with Crippen LogP contribution < -0.4 is 16.0 Å². The Morgan fingerprint density at radius 2 is 1.88 bits per heavy atom. The zero-order valence-electron chi connectivity index (χ0n) is 15.6. The first-order valence-corrected chi connectivity index (χ1v) is 9.34. The van der Waals surface area contributed by atoms with Crippen LogP contribution in [0.25, 0.3) is 0 Å². The molecule has 0 aromatic heterocycles. The van der Waals surface area contributed by atoms with Gasteiger partial charge in [0.15, 0.2) is 0 Å². The highest BCUT2D eigenvalue weighted by molar-refractivity contribution is 5.74. The fourth-order valence-electron chi connectivity index (χ4n) is 3.11. The van der Waals surface area contributed by atoms with Gasteiger partial charge in [-0.1, -0.05) is 26.0 Å². The number of rotatable bonds is 10. The summed E-state index contributed by atoms with van der Waals surface area (Å²) in [5.41, 5.74) is 2.13. The van der Waals surface area contributed by atoms with Crippen LogP contribution >= 0.6 is 0 Å². The van der Waals surface area contributed by atoms with Gasteiger partial charge in [0, 0.05) is 30.9 Å². The molecule has 1 aromatic rings. The number of benzene rings is 1. The minimum absolute atomic E-state index is 0.0587. The van der Waals surface area contributed by atoms with Crippen molar-refractivity contribution >= 4 is 17.7 Å². The molecule has 1 aromatic carbocycles. The molecule has 1 saturated carbocycles. The van der Waals surface area contributed by atoms with Crippen molar-refractivity contribution in [1.29, 1.82) is 0 Å². The monoisotopic (exact) mass is 362 g/mol. The Kier molecular flexibility index (Phi) is 7.72. The van der Waals surface area contributed by atoms with Crippen LogP contribution in [0.5, 0.6) is 0 Å². The fraction of sp³-hybridized carbons (Fsp3) is 0.579. The van der Waals surface area contributed by atoms with Gasteiger partial charge in [-0.15, -0.1) is 0 Å². The SMILES string of the molecule is CCCNc1ccc(CNC(=O)NC2CC(N(CC)CC(=O)O)C2)cc1. The molecule has 0 aliphatic heterocycles. The predicted molar refractivity (Wildman–Crippen MR) is 102 cm³/mol. The summed E-state index contributed by atoms with van der Waals surface area (Å²) in [4.78, 5) is 24.8. The van der Waals surface area contributed by atoms with E-state index in [1.54, 1.807) is 0 Å². The third-order valence-corrected chi connectivity index (χ3v) is 4.70. The predicted octanol–water partition coefficient (Wildman–Crippen LogP) is 2.25. The average Bonchev–Trinajstić information content (AvgIpc) is 2.60. The van der Waals surface area contributed by atoms with Crippen molar-refractivity contribution in [3.63, 3.8) is 0 Å². The van der Waals surface area contributed by atoms with Crippen LogP contribution in [0.2, 0.25) is 0 Å². The first-order chi connectivity index (χ1) is 12.5. The number of nitrogens with zero attached hydrogens (tertiary/aromatic N) is 1. The largest absolute Gasteiger partial charge is 0.480 e. The van der Waals surface area contributed by atoms with Gasteiger partial charge < -0.3 is 21.1 Å². The number of likely N-dealkylation sites (N-methyl/N-ethyl adjacent to an activating group) is 1. The minimum atomic E-state index is -0.808. The number of carbonyl (C=O) groups excluding carboxylic acids is 1. The summed E-state index contributed by atoms with van der Waals surface area (Å²) in [6, 6.07) is 8.22. The number of carboxylic acid groups (broad SMARTS) is 1. The summed E-state index contributed by atoms with van der Waals surface area (Å²) in [7, 11) is 0. The molecule has 7 nitrogen and oxygen atoms in total. The molecule has 4 N–H and O–H groups in total. The van der Waals surface area contributed by atoms with Gasteiger partial charge in [0.2, 0.25) is 0 Å². The number of urea groups is 1. The molecule has 0 heterocycles. The highest BCUT2D eigenvalue weighted by Gasteiger charge is 2.34. The Morgan fingerprint density at radius 3 is 2.46 bits per heavy atom. The maximum atomic E-state index is 12.0. The van der Waals surface area contributed by atoms with Gasteiger partial charge in [0.1, 0.15) is 0 Å². The zero-order chi connectivity index (χ0) is 18.9. The van der Waals surface area contributed by atoms with E-state index >= 15 is 0 Å². The van der Waals surface area contributed by atoms with Gasteiger partial charge in [-0.3, -0.25) is 9.69 Å². The number of carboxylic acids is 1. The Labute approximate surface area is 155 Å². The Bertz CT molecular complexity index is 585. The minimum Gasteiger partial charge on any atom is -0.480 e. The second kappa shape index (κ2) is 10.0. The summed E-state index contributed by atoms with van der Waals surface area (Å²) >= 11 is 0. The Morgan fingerprint density at radius 1 is 1.19 bits per heavy atom. The molecule has 0 radical (unpaired) electrons. The number of nitrogens with one attached hydrogen (secondary N) is 3. The van der Waals surface area contributed by atoms with Crippen LogP contribution in [0.3, 0.4) is 0 Å². The van der Waals surface area contributed by atoms with Crippen molar-refractivity contribution in [3.8, 4) is 0 Å². The van der Waals surface area contributed by atoms with Crippen LogP contribution in [-0.4, -0.2) is 53.7 Å². The molecule has 0 spiro atoms. The number of hydrogen-bond donors (Lipinski definition) is 4. The van der Waals surface area contributed by atoms with Crippen LogP contribution in [0, 0.1) is 0 Å². The van der Waals surface area contributed by atoms with E-state index in [4.69, 9.17) is 5.11 Å². The van der Waals surface area contributed by atoms with Gasteiger partial charge in [-0.25, -0.2) is 4.79 Å². The highest BCUT2D eigenvalue weighted by atomic mass is 16.4. The number of aliphatic carboxylic acids is 1. The molecule has 1 aliphatic rings. The van der Waals surface area contributed by atoms with E-state index in [9.17, 15) is 9.59 Å². The van der Waals surface area contributed by atoms with Crippen molar-refractivity contribution in [2.24, 2.45) is 0 Å². The highest BCUT2D eigenvalue weighted by Crippen LogP contribution is 2.25. The van der Waals surface area contributed by atoms with Gasteiger partial charge in [0.05, 0.1) is 6.54 Å². The molecule has 0 bridgehead atoms. The van der Waals surface area contributed by atoms with E-state index in [-0.39, 0.29) is 24.7 Å². The maximum absolute atomic E-state index is 12.0. The van der Waals surface area contributed by atoms with Crippen LogP contribution in [0.1, 0.15) is 38.7 Å². The molecule has 26 heavy (non-hydrogen) atoms. The standard InChI is InChI=1S/C19H30N4O3/c1-3-9-20-15-7-5-14(6-8-15)12-21-19(26)22-16-10-17(11-16)23(4-2)13-18(24)25/h5-8,16-17,20H,3-4,9-13H2,1-2H3,(H,24,25)(H2,21,22,26). The van der Waals surface area contributed by atoms with E-state index in [0.29, 0.717) is 13.1 Å². The second-order valence-electron chi connectivity index (χ2n) is 6.73. The molecule has 144 valence electrons. The topological polar surface area (TPSA) is 93.7 Å². The molecule has 7 heteroatoms. The number of carbonyl (C=O) groups is 2. The lowest BCUT2D eigenvalue weighted by atomic mass is 9.85. The molecule has 2 rings (SSSR count). The first kappa shape index (κ1) is 20.0. The lowest BCUT2D eigenvalue weighted by Crippen LogP contribution is -2.56. The van der Waals surface area contributed by atoms with Gasteiger partial charge in [-0.2, -0.15) is 0 Å². The van der Waals surface area contributed by atoms with E-state index < -0.39 is 5.97 Å². The summed E-state index contributed by atoms with van der Waals surface area (Å²) in [6.45, 7) is 6.28. The molecule has 0 unspecified atom stereocenters.